The van der Waals surface area contributed by atoms with Gasteiger partial charge in [0.2, 0.25) is 0 Å². The number of rotatable bonds is 4. The van der Waals surface area contributed by atoms with Crippen LogP contribution in [-0.4, -0.2) is 22.8 Å². The minimum absolute atomic E-state index is 0.0404. The van der Waals surface area contributed by atoms with Crippen molar-refractivity contribution in [3.63, 3.8) is 0 Å². The fourth-order valence-electron chi connectivity index (χ4n) is 1.50. The van der Waals surface area contributed by atoms with Gasteiger partial charge in [0.25, 0.3) is 0 Å². The minimum Gasteiger partial charge on any atom is -0.494 e. The van der Waals surface area contributed by atoms with Crippen LogP contribution in [0.1, 0.15) is 17.3 Å². The zero-order chi connectivity index (χ0) is 12.3. The number of aromatic nitrogens is 1. The van der Waals surface area contributed by atoms with Crippen molar-refractivity contribution in [2.45, 2.75) is 6.92 Å². The van der Waals surface area contributed by atoms with Crippen LogP contribution in [-0.2, 0) is 0 Å². The van der Waals surface area contributed by atoms with Crippen molar-refractivity contribution in [2.24, 2.45) is 0 Å². The van der Waals surface area contributed by atoms with E-state index in [-0.39, 0.29) is 5.56 Å². The highest BCUT2D eigenvalue weighted by Crippen LogP contribution is 2.25. The van der Waals surface area contributed by atoms with Gasteiger partial charge >= 0.3 is 5.97 Å². The fraction of sp³-hybridized carbons (Fsp3) is 0.167. The summed E-state index contributed by atoms with van der Waals surface area (Å²) in [4.78, 5) is 10.9. The van der Waals surface area contributed by atoms with E-state index in [1.807, 2.05) is 6.92 Å². The van der Waals surface area contributed by atoms with Crippen LogP contribution in [0.2, 0.25) is 0 Å². The minimum atomic E-state index is -1.07. The van der Waals surface area contributed by atoms with Gasteiger partial charge in [-0.2, -0.15) is 0 Å². The molecule has 0 aliphatic rings. The molecule has 0 unspecified atom stereocenters. The number of hydrogen-bond acceptors (Lipinski definition) is 4. The molecule has 5 nitrogen and oxygen atoms in total. The highest BCUT2D eigenvalue weighted by atomic mass is 16.5. The van der Waals surface area contributed by atoms with Gasteiger partial charge in [0.05, 0.1) is 6.61 Å². The normalized spacial score (nSPS) is 10.2. The van der Waals surface area contributed by atoms with E-state index < -0.39 is 5.97 Å². The summed E-state index contributed by atoms with van der Waals surface area (Å²) < 4.78 is 10.0. The van der Waals surface area contributed by atoms with E-state index in [4.69, 9.17) is 9.84 Å². The number of carboxylic acids is 1. The molecule has 0 aliphatic heterocycles. The van der Waals surface area contributed by atoms with Gasteiger partial charge in [-0.05, 0) is 19.1 Å². The summed E-state index contributed by atoms with van der Waals surface area (Å²) in [5, 5.41) is 12.7. The van der Waals surface area contributed by atoms with Gasteiger partial charge in [0, 0.05) is 5.56 Å². The van der Waals surface area contributed by atoms with Gasteiger partial charge in [0.1, 0.15) is 23.3 Å². The summed E-state index contributed by atoms with van der Waals surface area (Å²) in [6, 6.07) is 7.06. The molecule has 0 bridgehead atoms. The number of aromatic carboxylic acids is 1. The Morgan fingerprint density at radius 3 is 3.06 bits per heavy atom. The molecule has 0 radical (unpaired) electrons. The molecule has 1 aromatic carbocycles. The maximum Gasteiger partial charge on any atom is 0.341 e. The molecule has 0 spiro atoms. The third-order valence-electron chi connectivity index (χ3n) is 2.22. The molecule has 0 saturated carbocycles. The second-order valence-corrected chi connectivity index (χ2v) is 3.34. The lowest BCUT2D eigenvalue weighted by molar-refractivity contribution is 0.0697. The first-order valence-corrected chi connectivity index (χ1v) is 5.13. The van der Waals surface area contributed by atoms with Gasteiger partial charge in [-0.1, -0.05) is 17.3 Å². The van der Waals surface area contributed by atoms with Crippen molar-refractivity contribution in [1.82, 2.24) is 5.16 Å². The third-order valence-corrected chi connectivity index (χ3v) is 2.22. The van der Waals surface area contributed by atoms with Crippen LogP contribution in [0.3, 0.4) is 0 Å². The van der Waals surface area contributed by atoms with Crippen LogP contribution in [0.5, 0.6) is 5.75 Å². The standard InChI is InChI=1S/C12H11NO4/c1-2-16-9-5-3-4-8(6-9)11-10(12(14)15)7-17-13-11/h3-7H,2H2,1H3,(H,14,15). The fourth-order valence-corrected chi connectivity index (χ4v) is 1.50. The van der Waals surface area contributed by atoms with E-state index in [1.165, 1.54) is 0 Å². The average Bonchev–Trinajstić information content (AvgIpc) is 2.79. The molecule has 0 fully saturated rings. The summed E-state index contributed by atoms with van der Waals surface area (Å²) >= 11 is 0. The van der Waals surface area contributed by atoms with Crippen LogP contribution in [0.25, 0.3) is 11.3 Å². The number of hydrogen-bond donors (Lipinski definition) is 1. The highest BCUT2D eigenvalue weighted by molar-refractivity contribution is 5.94. The molecule has 1 aromatic heterocycles. The monoisotopic (exact) mass is 233 g/mol. The number of carbonyl (C=O) groups is 1. The van der Waals surface area contributed by atoms with Crippen LogP contribution in [0, 0.1) is 0 Å². The van der Waals surface area contributed by atoms with Crippen molar-refractivity contribution < 1.29 is 19.2 Å². The molecule has 0 amide bonds. The van der Waals surface area contributed by atoms with Crippen LogP contribution < -0.4 is 4.74 Å². The first-order chi connectivity index (χ1) is 8.22. The van der Waals surface area contributed by atoms with E-state index in [0.29, 0.717) is 23.6 Å². The summed E-state index contributed by atoms with van der Waals surface area (Å²) in [5.74, 6) is -0.396. The van der Waals surface area contributed by atoms with Gasteiger partial charge in [-0.15, -0.1) is 0 Å². The highest BCUT2D eigenvalue weighted by Gasteiger charge is 2.16. The maximum absolute atomic E-state index is 10.9. The van der Waals surface area contributed by atoms with E-state index in [2.05, 4.69) is 9.68 Å². The lowest BCUT2D eigenvalue weighted by Crippen LogP contribution is -1.97. The van der Waals surface area contributed by atoms with E-state index in [1.54, 1.807) is 24.3 Å². The van der Waals surface area contributed by atoms with Crippen molar-refractivity contribution >= 4 is 5.97 Å². The number of nitrogens with zero attached hydrogens (tertiary/aromatic N) is 1. The van der Waals surface area contributed by atoms with Crippen molar-refractivity contribution in [1.29, 1.82) is 0 Å². The number of carboxylic acid groups (broad SMARTS) is 1. The van der Waals surface area contributed by atoms with E-state index >= 15 is 0 Å². The molecule has 2 rings (SSSR count). The molecular weight excluding hydrogens is 222 g/mol. The molecule has 1 heterocycles. The number of benzene rings is 1. The third kappa shape index (κ3) is 2.28. The van der Waals surface area contributed by atoms with Crippen molar-refractivity contribution in [3.8, 4) is 17.0 Å². The predicted molar refractivity (Wildman–Crippen MR) is 60.1 cm³/mol. The molecule has 0 atom stereocenters. The maximum atomic E-state index is 10.9. The van der Waals surface area contributed by atoms with E-state index in [0.717, 1.165) is 6.26 Å². The van der Waals surface area contributed by atoms with Gasteiger partial charge < -0.3 is 14.4 Å². The number of ether oxygens (including phenoxy) is 1. The Morgan fingerprint density at radius 2 is 2.35 bits per heavy atom. The SMILES string of the molecule is CCOc1cccc(-c2nocc2C(=O)O)c1. The van der Waals surface area contributed by atoms with Crippen LogP contribution in [0.15, 0.2) is 35.1 Å². The molecular formula is C12H11NO4. The Bertz CT molecular complexity index is 533. The zero-order valence-electron chi connectivity index (χ0n) is 9.21. The van der Waals surface area contributed by atoms with Crippen molar-refractivity contribution in [2.75, 3.05) is 6.61 Å². The Morgan fingerprint density at radius 1 is 1.53 bits per heavy atom. The smallest absolute Gasteiger partial charge is 0.341 e. The second kappa shape index (κ2) is 4.69. The summed E-state index contributed by atoms with van der Waals surface area (Å²) in [6.45, 7) is 2.43. The summed E-state index contributed by atoms with van der Waals surface area (Å²) in [5.41, 5.74) is 1.000. The van der Waals surface area contributed by atoms with Crippen molar-refractivity contribution in [3.05, 3.63) is 36.1 Å². The molecule has 0 aliphatic carbocycles. The summed E-state index contributed by atoms with van der Waals surface area (Å²) in [7, 11) is 0. The second-order valence-electron chi connectivity index (χ2n) is 3.34. The predicted octanol–water partition coefficient (Wildman–Crippen LogP) is 2.44. The Hall–Kier alpha value is -2.30. The Kier molecular flexibility index (Phi) is 3.09. The quantitative estimate of drug-likeness (QED) is 0.877. The molecule has 88 valence electrons. The van der Waals surface area contributed by atoms with E-state index in [9.17, 15) is 4.79 Å². The molecule has 5 heteroatoms. The molecule has 17 heavy (non-hydrogen) atoms. The van der Waals surface area contributed by atoms with Gasteiger partial charge in [-0.3, -0.25) is 0 Å². The first kappa shape index (κ1) is 11.2. The van der Waals surface area contributed by atoms with Crippen LogP contribution >= 0.6 is 0 Å². The zero-order valence-corrected chi connectivity index (χ0v) is 9.21. The topological polar surface area (TPSA) is 72.6 Å². The average molecular weight is 233 g/mol. The van der Waals surface area contributed by atoms with Gasteiger partial charge in [-0.25, -0.2) is 4.79 Å². The molecule has 0 saturated heterocycles. The lowest BCUT2D eigenvalue weighted by atomic mass is 10.1. The van der Waals surface area contributed by atoms with Crippen LogP contribution in [0.4, 0.5) is 0 Å². The largest absolute Gasteiger partial charge is 0.494 e. The molecule has 2 aromatic rings. The lowest BCUT2D eigenvalue weighted by Gasteiger charge is -2.04. The Labute approximate surface area is 97.6 Å². The Balaban J connectivity index is 2.42. The first-order valence-electron chi connectivity index (χ1n) is 5.13. The van der Waals surface area contributed by atoms with Gasteiger partial charge in [0.15, 0.2) is 0 Å². The molecule has 1 N–H and O–H groups in total. The summed E-state index contributed by atoms with van der Waals surface area (Å²) in [6.07, 6.45) is 1.12.